The Kier molecular flexibility index (Phi) is 9.37. The number of carbonyl (C=O) groups excluding carboxylic acids is 1. The molecule has 0 spiro atoms. The summed E-state index contributed by atoms with van der Waals surface area (Å²) in [6, 6.07) is 6.89. The van der Waals surface area contributed by atoms with Crippen LogP contribution in [0, 0.1) is 0 Å². The van der Waals surface area contributed by atoms with Crippen LogP contribution in [0.25, 0.3) is 0 Å². The quantitative estimate of drug-likeness (QED) is 0.606. The number of nitrogens with one attached hydrogen (secondary N) is 2. The first-order valence-electron chi connectivity index (χ1n) is 8.16. The van der Waals surface area contributed by atoms with Gasteiger partial charge in [-0.15, -0.1) is 12.4 Å². The average molecular weight is 392 g/mol. The molecule has 142 valence electrons. The van der Waals surface area contributed by atoms with Crippen LogP contribution in [0.3, 0.4) is 0 Å². The zero-order valence-electron chi connectivity index (χ0n) is 14.1. The normalized spacial score (nSPS) is 17.6. The van der Waals surface area contributed by atoms with Gasteiger partial charge in [0, 0.05) is 31.8 Å². The highest BCUT2D eigenvalue weighted by atomic mass is 35.5. The molecule has 1 heterocycles. The molecule has 1 aliphatic rings. The monoisotopic (exact) mass is 391 g/mol. The molecule has 0 saturated carbocycles. The Labute approximate surface area is 155 Å². The van der Waals surface area contributed by atoms with Crippen LogP contribution < -0.4 is 15.8 Å². The third-order valence-corrected chi connectivity index (χ3v) is 5.26. The van der Waals surface area contributed by atoms with E-state index >= 15 is 0 Å². The Morgan fingerprint density at radius 3 is 2.56 bits per heavy atom. The largest absolute Gasteiger partial charge is 0.377 e. The van der Waals surface area contributed by atoms with Crippen molar-refractivity contribution in [2.24, 2.45) is 5.73 Å². The van der Waals surface area contributed by atoms with Gasteiger partial charge in [-0.3, -0.25) is 4.79 Å². The molecule has 9 heteroatoms. The highest BCUT2D eigenvalue weighted by Crippen LogP contribution is 2.11. The van der Waals surface area contributed by atoms with Crippen LogP contribution >= 0.6 is 12.4 Å². The van der Waals surface area contributed by atoms with Gasteiger partial charge >= 0.3 is 0 Å². The summed E-state index contributed by atoms with van der Waals surface area (Å²) in [6.07, 6.45) is 2.91. The van der Waals surface area contributed by atoms with Crippen molar-refractivity contribution in [3.63, 3.8) is 0 Å². The van der Waals surface area contributed by atoms with Gasteiger partial charge in [-0.1, -0.05) is 12.1 Å². The van der Waals surface area contributed by atoms with Crippen LogP contribution in [0.1, 0.15) is 35.2 Å². The van der Waals surface area contributed by atoms with Crippen LogP contribution in [0.4, 0.5) is 0 Å². The Hall–Kier alpha value is -1.19. The van der Waals surface area contributed by atoms with Crippen molar-refractivity contribution < 1.29 is 17.9 Å². The number of halogens is 1. The Morgan fingerprint density at radius 2 is 1.96 bits per heavy atom. The van der Waals surface area contributed by atoms with Gasteiger partial charge in [0.05, 0.1) is 11.9 Å². The van der Waals surface area contributed by atoms with Gasteiger partial charge in [-0.25, -0.2) is 13.1 Å². The van der Waals surface area contributed by atoms with E-state index in [0.29, 0.717) is 18.7 Å². The Bertz CT molecular complexity index is 631. The summed E-state index contributed by atoms with van der Waals surface area (Å²) in [5, 5.41) is 2.61. The Balaban J connectivity index is 0.00000312. The molecule has 25 heavy (non-hydrogen) atoms. The molecule has 0 aliphatic carbocycles. The molecule has 0 radical (unpaired) electrons. The molecular weight excluding hydrogens is 366 g/mol. The molecule has 7 nitrogen and oxygen atoms in total. The number of ether oxygens (including phenoxy) is 1. The van der Waals surface area contributed by atoms with Crippen LogP contribution in [-0.4, -0.2) is 45.9 Å². The van der Waals surface area contributed by atoms with Crippen LogP contribution in [0.15, 0.2) is 24.3 Å². The van der Waals surface area contributed by atoms with Gasteiger partial charge in [0.1, 0.15) is 0 Å². The summed E-state index contributed by atoms with van der Waals surface area (Å²) in [5.74, 6) is -0.462. The van der Waals surface area contributed by atoms with Crippen molar-refractivity contribution in [1.82, 2.24) is 10.0 Å². The van der Waals surface area contributed by atoms with Gasteiger partial charge in [-0.2, -0.15) is 0 Å². The van der Waals surface area contributed by atoms with Crippen molar-refractivity contribution in [2.75, 3.05) is 25.4 Å². The number of benzene rings is 1. The van der Waals surface area contributed by atoms with Crippen LogP contribution in [-0.2, 0) is 21.3 Å². The van der Waals surface area contributed by atoms with E-state index < -0.39 is 10.0 Å². The second-order valence-electron chi connectivity index (χ2n) is 5.81. The third kappa shape index (κ3) is 7.70. The minimum Gasteiger partial charge on any atom is -0.377 e. The maximum atomic E-state index is 12.0. The van der Waals surface area contributed by atoms with E-state index in [9.17, 15) is 13.2 Å². The number of carbonyl (C=O) groups is 1. The number of sulfonamides is 1. The molecule has 1 fully saturated rings. The van der Waals surface area contributed by atoms with Crippen LogP contribution in [0.2, 0.25) is 0 Å². The summed E-state index contributed by atoms with van der Waals surface area (Å²) < 4.78 is 31.9. The third-order valence-electron chi connectivity index (χ3n) is 3.91. The molecule has 1 aromatic carbocycles. The minimum atomic E-state index is -3.43. The van der Waals surface area contributed by atoms with Crippen molar-refractivity contribution >= 4 is 28.3 Å². The second-order valence-corrected chi connectivity index (χ2v) is 7.74. The summed E-state index contributed by atoms with van der Waals surface area (Å²) in [5.41, 5.74) is 6.92. The average Bonchev–Trinajstić information content (AvgIpc) is 2.61. The molecule has 1 amide bonds. The fraction of sp³-hybridized carbons (Fsp3) is 0.562. The first-order valence-corrected chi connectivity index (χ1v) is 9.81. The van der Waals surface area contributed by atoms with Crippen molar-refractivity contribution in [1.29, 1.82) is 0 Å². The highest BCUT2D eigenvalue weighted by Gasteiger charge is 2.17. The second kappa shape index (κ2) is 10.7. The lowest BCUT2D eigenvalue weighted by Gasteiger charge is -2.22. The lowest BCUT2D eigenvalue weighted by atomic mass is 10.1. The van der Waals surface area contributed by atoms with Gasteiger partial charge < -0.3 is 15.8 Å². The van der Waals surface area contributed by atoms with E-state index in [-0.39, 0.29) is 43.3 Å². The molecule has 1 aromatic rings. The zero-order valence-corrected chi connectivity index (χ0v) is 15.7. The Morgan fingerprint density at radius 1 is 1.24 bits per heavy atom. The van der Waals surface area contributed by atoms with Gasteiger partial charge in [0.15, 0.2) is 0 Å². The van der Waals surface area contributed by atoms with Crippen molar-refractivity contribution in [3.8, 4) is 0 Å². The molecule has 2 rings (SSSR count). The lowest BCUT2D eigenvalue weighted by Crippen LogP contribution is -2.39. The summed E-state index contributed by atoms with van der Waals surface area (Å²) in [7, 11) is -3.43. The predicted molar refractivity (Wildman–Crippen MR) is 99.3 cm³/mol. The lowest BCUT2D eigenvalue weighted by molar-refractivity contribution is 0.0200. The number of nitrogens with two attached hydrogens (primary N) is 1. The number of amides is 1. The van der Waals surface area contributed by atoms with E-state index in [1.165, 1.54) is 0 Å². The summed E-state index contributed by atoms with van der Waals surface area (Å²) >= 11 is 0. The SMILES string of the molecule is Cl.NCc1ccc(C(=O)NCCS(=O)(=O)NCC2CCCCO2)cc1. The first kappa shape index (κ1) is 21.9. The molecule has 1 unspecified atom stereocenters. The van der Waals surface area contributed by atoms with Gasteiger partial charge in [0.2, 0.25) is 10.0 Å². The highest BCUT2D eigenvalue weighted by molar-refractivity contribution is 7.89. The number of hydrogen-bond donors (Lipinski definition) is 3. The van der Waals surface area contributed by atoms with E-state index in [0.717, 1.165) is 24.8 Å². The van der Waals surface area contributed by atoms with Crippen molar-refractivity contribution in [3.05, 3.63) is 35.4 Å². The zero-order chi connectivity index (χ0) is 17.4. The van der Waals surface area contributed by atoms with E-state index in [2.05, 4.69) is 10.0 Å². The van der Waals surface area contributed by atoms with E-state index in [4.69, 9.17) is 10.5 Å². The molecule has 1 aliphatic heterocycles. The molecule has 1 saturated heterocycles. The maximum absolute atomic E-state index is 12.0. The van der Waals surface area contributed by atoms with Crippen LogP contribution in [0.5, 0.6) is 0 Å². The van der Waals surface area contributed by atoms with Gasteiger partial charge in [0.25, 0.3) is 5.91 Å². The number of rotatable bonds is 8. The first-order chi connectivity index (χ1) is 11.5. The molecule has 0 aromatic heterocycles. The summed E-state index contributed by atoms with van der Waals surface area (Å²) in [6.45, 7) is 1.44. The minimum absolute atomic E-state index is 0. The fourth-order valence-electron chi connectivity index (χ4n) is 2.45. The van der Waals surface area contributed by atoms with E-state index in [1.54, 1.807) is 24.3 Å². The fourth-order valence-corrected chi connectivity index (χ4v) is 3.41. The van der Waals surface area contributed by atoms with E-state index in [1.807, 2.05) is 0 Å². The molecule has 1 atom stereocenters. The number of hydrogen-bond acceptors (Lipinski definition) is 5. The topological polar surface area (TPSA) is 111 Å². The molecule has 0 bridgehead atoms. The smallest absolute Gasteiger partial charge is 0.251 e. The summed E-state index contributed by atoms with van der Waals surface area (Å²) in [4.78, 5) is 12.0. The predicted octanol–water partition coefficient (Wildman–Crippen LogP) is 0.785. The standard InChI is InChI=1S/C16H25N3O4S.ClH/c17-11-13-4-6-14(7-5-13)16(20)18-8-10-24(21,22)19-12-15-3-1-2-9-23-15;/h4-7,15,19H,1-3,8-12,17H2,(H,18,20);1H. The van der Waals surface area contributed by atoms with Crippen molar-refractivity contribution in [2.45, 2.75) is 31.9 Å². The maximum Gasteiger partial charge on any atom is 0.251 e. The molecule has 4 N–H and O–H groups in total. The van der Waals surface area contributed by atoms with Gasteiger partial charge in [-0.05, 0) is 37.0 Å². The molecular formula is C16H26ClN3O4S.